The van der Waals surface area contributed by atoms with Crippen molar-refractivity contribution in [2.45, 2.75) is 38.4 Å². The molecule has 0 radical (unpaired) electrons. The number of carbonyl (C=O) groups excluding carboxylic acids is 1. The zero-order valence-electron chi connectivity index (χ0n) is 10.8. The number of ether oxygens (including phenoxy) is 1. The van der Waals surface area contributed by atoms with E-state index < -0.39 is 29.6 Å². The van der Waals surface area contributed by atoms with Crippen LogP contribution in [0.1, 0.15) is 26.7 Å². The van der Waals surface area contributed by atoms with Gasteiger partial charge in [-0.3, -0.25) is 0 Å². The molecule has 0 heterocycles. The molecular weight excluding hydrogens is 276 g/mol. The van der Waals surface area contributed by atoms with Crippen LogP contribution in [-0.2, 0) is 19.1 Å². The number of aliphatic hydroxyl groups is 1. The number of carboxylic acids is 2. The van der Waals surface area contributed by atoms with Crippen molar-refractivity contribution in [3.8, 4) is 0 Å². The first-order valence-electron chi connectivity index (χ1n) is 5.70. The highest BCUT2D eigenvalue weighted by atomic mass is 32.2. The highest BCUT2D eigenvalue weighted by Crippen LogP contribution is 2.13. The second-order valence-corrected chi connectivity index (χ2v) is 5.19. The van der Waals surface area contributed by atoms with E-state index in [9.17, 15) is 19.5 Å². The SMILES string of the molecule is CCCCSCC(OC(=O)C(C)(O)C(=O)O)C(=O)O. The Morgan fingerprint density at radius 3 is 2.32 bits per heavy atom. The Morgan fingerprint density at radius 2 is 1.89 bits per heavy atom. The van der Waals surface area contributed by atoms with Crippen molar-refractivity contribution in [2.24, 2.45) is 0 Å². The molecule has 0 fully saturated rings. The lowest BCUT2D eigenvalue weighted by molar-refractivity contribution is -0.184. The lowest BCUT2D eigenvalue weighted by atomic mass is 10.1. The van der Waals surface area contributed by atoms with Gasteiger partial charge >= 0.3 is 17.9 Å². The van der Waals surface area contributed by atoms with E-state index in [4.69, 9.17) is 10.2 Å². The predicted octanol–water partition coefficient (Wildman–Crippen LogP) is 0.352. The summed E-state index contributed by atoms with van der Waals surface area (Å²) in [6.07, 6.45) is 0.385. The minimum atomic E-state index is -2.75. The number of aliphatic carboxylic acids is 2. The van der Waals surface area contributed by atoms with Crippen LogP contribution in [0.3, 0.4) is 0 Å². The summed E-state index contributed by atoms with van der Waals surface area (Å²) in [7, 11) is 0. The molecular formula is C11H18O7S. The van der Waals surface area contributed by atoms with E-state index in [1.165, 1.54) is 11.8 Å². The molecule has 0 saturated carbocycles. The molecule has 0 aromatic carbocycles. The standard InChI is InChI=1S/C11H18O7S/c1-3-4-5-19-6-7(8(12)13)18-10(16)11(2,17)9(14)15/h7,17H,3-6H2,1-2H3,(H,12,13)(H,14,15). The molecule has 0 bridgehead atoms. The lowest BCUT2D eigenvalue weighted by Gasteiger charge is -2.20. The van der Waals surface area contributed by atoms with Crippen molar-refractivity contribution in [3.63, 3.8) is 0 Å². The monoisotopic (exact) mass is 294 g/mol. The number of rotatable bonds is 9. The van der Waals surface area contributed by atoms with Crippen LogP contribution in [0.2, 0.25) is 0 Å². The molecule has 0 aromatic rings. The molecule has 3 N–H and O–H groups in total. The molecule has 0 saturated heterocycles. The molecule has 2 atom stereocenters. The molecule has 7 nitrogen and oxygen atoms in total. The first-order valence-corrected chi connectivity index (χ1v) is 6.86. The van der Waals surface area contributed by atoms with Crippen LogP contribution in [0, 0.1) is 0 Å². The maximum Gasteiger partial charge on any atom is 0.350 e. The quantitative estimate of drug-likeness (QED) is 0.316. The normalized spacial score (nSPS) is 15.3. The smallest absolute Gasteiger partial charge is 0.350 e. The van der Waals surface area contributed by atoms with Gasteiger partial charge in [0.25, 0.3) is 5.60 Å². The van der Waals surface area contributed by atoms with Crippen LogP contribution in [0.15, 0.2) is 0 Å². The fraction of sp³-hybridized carbons (Fsp3) is 0.727. The van der Waals surface area contributed by atoms with Gasteiger partial charge in [0, 0.05) is 5.75 Å². The Bertz CT molecular complexity index is 340. The molecule has 0 amide bonds. The van der Waals surface area contributed by atoms with E-state index >= 15 is 0 Å². The first kappa shape index (κ1) is 17.7. The third-order valence-electron chi connectivity index (χ3n) is 2.25. The largest absolute Gasteiger partial charge is 0.479 e. The van der Waals surface area contributed by atoms with Gasteiger partial charge in [-0.25, -0.2) is 14.4 Å². The van der Waals surface area contributed by atoms with E-state index in [-0.39, 0.29) is 5.75 Å². The van der Waals surface area contributed by atoms with Crippen molar-refractivity contribution < 1.29 is 34.4 Å². The predicted molar refractivity (Wildman–Crippen MR) is 68.0 cm³/mol. The highest BCUT2D eigenvalue weighted by molar-refractivity contribution is 7.99. The van der Waals surface area contributed by atoms with Crippen molar-refractivity contribution in [2.75, 3.05) is 11.5 Å². The number of hydrogen-bond acceptors (Lipinski definition) is 6. The summed E-state index contributed by atoms with van der Waals surface area (Å²) < 4.78 is 4.53. The number of carbonyl (C=O) groups is 3. The van der Waals surface area contributed by atoms with Gasteiger partial charge in [0.1, 0.15) is 0 Å². The van der Waals surface area contributed by atoms with Gasteiger partial charge in [0.2, 0.25) is 6.10 Å². The van der Waals surface area contributed by atoms with Crippen LogP contribution in [-0.4, -0.2) is 56.4 Å². The third-order valence-corrected chi connectivity index (χ3v) is 3.37. The Labute approximate surface area is 114 Å². The maximum absolute atomic E-state index is 11.4. The van der Waals surface area contributed by atoms with Crippen LogP contribution in [0.25, 0.3) is 0 Å². The average Bonchev–Trinajstić information content (AvgIpc) is 2.32. The van der Waals surface area contributed by atoms with Crippen LogP contribution in [0.4, 0.5) is 0 Å². The van der Waals surface area contributed by atoms with E-state index in [1.807, 2.05) is 6.92 Å². The summed E-state index contributed by atoms with van der Waals surface area (Å²) in [4.78, 5) is 32.9. The molecule has 2 unspecified atom stereocenters. The van der Waals surface area contributed by atoms with Crippen molar-refractivity contribution >= 4 is 29.7 Å². The fourth-order valence-electron chi connectivity index (χ4n) is 0.924. The molecule has 0 aromatic heterocycles. The Morgan fingerprint density at radius 1 is 1.32 bits per heavy atom. The van der Waals surface area contributed by atoms with E-state index in [0.717, 1.165) is 19.8 Å². The number of unbranched alkanes of at least 4 members (excludes halogenated alkanes) is 1. The lowest BCUT2D eigenvalue weighted by Crippen LogP contribution is -2.47. The van der Waals surface area contributed by atoms with Gasteiger partial charge in [-0.15, -0.1) is 0 Å². The number of hydrogen-bond donors (Lipinski definition) is 3. The molecule has 110 valence electrons. The van der Waals surface area contributed by atoms with Gasteiger partial charge < -0.3 is 20.1 Å². The van der Waals surface area contributed by atoms with Crippen molar-refractivity contribution in [3.05, 3.63) is 0 Å². The molecule has 0 aliphatic rings. The van der Waals surface area contributed by atoms with Gasteiger partial charge in [-0.1, -0.05) is 13.3 Å². The van der Waals surface area contributed by atoms with Gasteiger partial charge in [0.05, 0.1) is 0 Å². The molecule has 0 aliphatic carbocycles. The van der Waals surface area contributed by atoms with Gasteiger partial charge in [-0.05, 0) is 19.1 Å². The third kappa shape index (κ3) is 5.93. The molecule has 19 heavy (non-hydrogen) atoms. The number of thioether (sulfide) groups is 1. The summed E-state index contributed by atoms with van der Waals surface area (Å²) >= 11 is 1.29. The zero-order chi connectivity index (χ0) is 15.1. The van der Waals surface area contributed by atoms with E-state index in [2.05, 4.69) is 4.74 Å². The van der Waals surface area contributed by atoms with Crippen LogP contribution < -0.4 is 0 Å². The van der Waals surface area contributed by atoms with E-state index in [1.54, 1.807) is 0 Å². The topological polar surface area (TPSA) is 121 Å². The second-order valence-electron chi connectivity index (χ2n) is 4.04. The molecule has 8 heteroatoms. The number of esters is 1. The maximum atomic E-state index is 11.4. The Kier molecular flexibility index (Phi) is 7.47. The summed E-state index contributed by atoms with van der Waals surface area (Å²) in [5.41, 5.74) is -2.75. The van der Waals surface area contributed by atoms with E-state index in [0.29, 0.717) is 5.75 Å². The van der Waals surface area contributed by atoms with Gasteiger partial charge in [-0.2, -0.15) is 11.8 Å². The van der Waals surface area contributed by atoms with Crippen LogP contribution in [0.5, 0.6) is 0 Å². The average molecular weight is 294 g/mol. The second kappa shape index (κ2) is 8.00. The minimum absolute atomic E-state index is 0.0107. The fourth-order valence-corrected chi connectivity index (χ4v) is 2.01. The first-order chi connectivity index (χ1) is 8.73. The highest BCUT2D eigenvalue weighted by Gasteiger charge is 2.42. The van der Waals surface area contributed by atoms with Crippen molar-refractivity contribution in [1.29, 1.82) is 0 Å². The molecule has 0 rings (SSSR count). The summed E-state index contributed by atoms with van der Waals surface area (Å²) in [5.74, 6) is -3.92. The molecule has 0 aliphatic heterocycles. The zero-order valence-corrected chi connectivity index (χ0v) is 11.6. The summed E-state index contributed by atoms with van der Waals surface area (Å²) in [6, 6.07) is 0. The van der Waals surface area contributed by atoms with Crippen LogP contribution >= 0.6 is 11.8 Å². The van der Waals surface area contributed by atoms with Gasteiger partial charge in [0.15, 0.2) is 0 Å². The Balaban J connectivity index is 4.47. The number of carboxylic acid groups (broad SMARTS) is 2. The Hall–Kier alpha value is -1.28. The minimum Gasteiger partial charge on any atom is -0.479 e. The van der Waals surface area contributed by atoms with Crippen molar-refractivity contribution in [1.82, 2.24) is 0 Å². The summed E-state index contributed by atoms with van der Waals surface area (Å²) in [6.45, 7) is 2.72. The molecule has 0 spiro atoms. The summed E-state index contributed by atoms with van der Waals surface area (Å²) in [5, 5.41) is 26.8.